The molecule has 188 valence electrons. The van der Waals surface area contributed by atoms with Crippen LogP contribution in [0, 0.1) is 6.92 Å². The lowest BCUT2D eigenvalue weighted by atomic mass is 10.1. The van der Waals surface area contributed by atoms with Gasteiger partial charge in [0.2, 0.25) is 5.78 Å². The predicted octanol–water partition coefficient (Wildman–Crippen LogP) is 4.80. The Morgan fingerprint density at radius 2 is 1.86 bits per heavy atom. The third-order valence-electron chi connectivity index (χ3n) is 7.05. The zero-order valence-corrected chi connectivity index (χ0v) is 21.5. The zero-order chi connectivity index (χ0) is 25.9. The number of rotatable bonds is 10. The van der Waals surface area contributed by atoms with E-state index in [0.717, 1.165) is 30.5 Å². The Balaban J connectivity index is 1.55. The number of aromatic nitrogens is 3. The summed E-state index contributed by atoms with van der Waals surface area (Å²) in [5, 5.41) is 3.56. The van der Waals surface area contributed by atoms with Gasteiger partial charge in [-0.3, -0.25) is 14.6 Å². The summed E-state index contributed by atoms with van der Waals surface area (Å²) in [6.45, 7) is 8.92. The zero-order valence-electron chi connectivity index (χ0n) is 21.5. The number of nitrogens with two attached hydrogens (primary N) is 1. The van der Waals surface area contributed by atoms with Gasteiger partial charge in [0.15, 0.2) is 0 Å². The van der Waals surface area contributed by atoms with E-state index >= 15 is 0 Å². The third kappa shape index (κ3) is 5.79. The van der Waals surface area contributed by atoms with Crippen molar-refractivity contribution in [3.63, 3.8) is 0 Å². The van der Waals surface area contributed by atoms with Gasteiger partial charge >= 0.3 is 0 Å². The van der Waals surface area contributed by atoms with Crippen LogP contribution in [0.15, 0.2) is 59.7 Å². The average molecular weight is 486 g/mol. The van der Waals surface area contributed by atoms with E-state index in [4.69, 9.17) is 5.73 Å². The largest absolute Gasteiger partial charge is 0.398 e. The van der Waals surface area contributed by atoms with Crippen molar-refractivity contribution in [1.29, 1.82) is 0 Å². The van der Waals surface area contributed by atoms with Gasteiger partial charge in [0.25, 0.3) is 5.56 Å². The Hall–Kier alpha value is -3.58. The molecule has 0 amide bonds. The highest BCUT2D eigenvalue weighted by Crippen LogP contribution is 2.34. The Bertz CT molecular complexity index is 1330. The van der Waals surface area contributed by atoms with Crippen molar-refractivity contribution in [1.82, 2.24) is 19.9 Å². The van der Waals surface area contributed by atoms with E-state index in [1.807, 2.05) is 24.3 Å². The minimum Gasteiger partial charge on any atom is -0.398 e. The number of benzene rings is 1. The van der Waals surface area contributed by atoms with Crippen molar-refractivity contribution in [2.45, 2.75) is 71.5 Å². The van der Waals surface area contributed by atoms with Crippen molar-refractivity contribution >= 4 is 11.5 Å². The van der Waals surface area contributed by atoms with Crippen LogP contribution in [0.3, 0.4) is 0 Å². The summed E-state index contributed by atoms with van der Waals surface area (Å²) in [4.78, 5) is 34.5. The monoisotopic (exact) mass is 485 g/mol. The van der Waals surface area contributed by atoms with Crippen LogP contribution in [0.4, 0.5) is 0 Å². The number of aryl methyl sites for hydroxylation is 1. The van der Waals surface area contributed by atoms with Gasteiger partial charge in [0.05, 0.1) is 17.6 Å². The quantitative estimate of drug-likeness (QED) is 0.316. The first-order valence-electron chi connectivity index (χ1n) is 12.6. The molecule has 3 aromatic rings. The summed E-state index contributed by atoms with van der Waals surface area (Å²) in [5.41, 5.74) is 10.9. The first kappa shape index (κ1) is 25.5. The molecule has 1 fully saturated rings. The molecule has 0 radical (unpaired) electrons. The minimum atomic E-state index is -0.305. The lowest BCUT2D eigenvalue weighted by Crippen LogP contribution is -2.26. The molecule has 0 bridgehead atoms. The molecule has 1 aromatic carbocycles. The van der Waals surface area contributed by atoms with Gasteiger partial charge in [-0.1, -0.05) is 38.1 Å². The summed E-state index contributed by atoms with van der Waals surface area (Å²) in [7, 11) is 0. The molecule has 2 heterocycles. The number of hydrogen-bond donors (Lipinski definition) is 2. The van der Waals surface area contributed by atoms with Crippen molar-refractivity contribution < 1.29 is 4.79 Å². The second-order valence-corrected chi connectivity index (χ2v) is 9.90. The fourth-order valence-electron chi connectivity index (χ4n) is 4.23. The Kier molecular flexibility index (Phi) is 7.50. The first-order chi connectivity index (χ1) is 17.2. The summed E-state index contributed by atoms with van der Waals surface area (Å²) in [6, 6.07) is 11.3. The topological polar surface area (TPSA) is 103 Å². The van der Waals surface area contributed by atoms with E-state index in [1.54, 1.807) is 36.0 Å². The van der Waals surface area contributed by atoms with Crippen molar-refractivity contribution in [3.05, 3.63) is 87.7 Å². The van der Waals surface area contributed by atoms with E-state index in [1.165, 1.54) is 24.5 Å². The highest BCUT2D eigenvalue weighted by molar-refractivity contribution is 6.07. The van der Waals surface area contributed by atoms with E-state index in [2.05, 4.69) is 36.1 Å². The molecular weight excluding hydrogens is 450 g/mol. The van der Waals surface area contributed by atoms with Gasteiger partial charge in [-0.2, -0.15) is 0 Å². The van der Waals surface area contributed by atoms with E-state index in [9.17, 15) is 9.59 Å². The molecule has 0 saturated heterocycles. The number of carbonyl (C=O) groups is 1. The molecule has 0 aliphatic heterocycles. The molecule has 1 aliphatic rings. The molecule has 0 atom stereocenters. The highest BCUT2D eigenvalue weighted by atomic mass is 16.1. The van der Waals surface area contributed by atoms with Crippen molar-refractivity contribution in [3.8, 4) is 11.3 Å². The Morgan fingerprint density at radius 1 is 1.17 bits per heavy atom. The number of ketones is 1. The molecule has 0 unspecified atom stereocenters. The van der Waals surface area contributed by atoms with Gasteiger partial charge in [-0.25, -0.2) is 4.98 Å². The second-order valence-electron chi connectivity index (χ2n) is 9.90. The molecule has 36 heavy (non-hydrogen) atoms. The van der Waals surface area contributed by atoms with Crippen molar-refractivity contribution in [2.24, 2.45) is 5.73 Å². The maximum atomic E-state index is 13.1. The molecule has 3 N–H and O–H groups in total. The van der Waals surface area contributed by atoms with Crippen LogP contribution in [0.5, 0.6) is 0 Å². The molecule has 7 nitrogen and oxygen atoms in total. The van der Waals surface area contributed by atoms with Crippen LogP contribution < -0.4 is 16.6 Å². The van der Waals surface area contributed by atoms with Gasteiger partial charge < -0.3 is 15.6 Å². The molecular formula is C29H35N5O2. The van der Waals surface area contributed by atoms with Crippen LogP contribution in [0.2, 0.25) is 0 Å². The molecule has 2 aromatic heterocycles. The van der Waals surface area contributed by atoms with Gasteiger partial charge in [0.1, 0.15) is 5.69 Å². The number of pyridine rings is 1. The molecule has 7 heteroatoms. The summed E-state index contributed by atoms with van der Waals surface area (Å²) in [6.07, 6.45) is 8.98. The van der Waals surface area contributed by atoms with Crippen molar-refractivity contribution in [2.75, 3.05) is 0 Å². The fourth-order valence-corrected chi connectivity index (χ4v) is 4.23. The van der Waals surface area contributed by atoms with E-state index < -0.39 is 0 Å². The molecule has 1 aliphatic carbocycles. The maximum Gasteiger partial charge on any atom is 0.250 e. The Labute approximate surface area is 212 Å². The van der Waals surface area contributed by atoms with Crippen LogP contribution in [-0.2, 0) is 6.54 Å². The van der Waals surface area contributed by atoms with Gasteiger partial charge in [-0.05, 0) is 56.7 Å². The van der Waals surface area contributed by atoms with Crippen LogP contribution in [0.25, 0.3) is 17.0 Å². The smallest absolute Gasteiger partial charge is 0.250 e. The minimum absolute atomic E-state index is 0.0527. The normalized spacial score (nSPS) is 14.8. The number of carbonyl (C=O) groups excluding carboxylic acids is 1. The number of hydrogen-bond acceptors (Lipinski definition) is 6. The Morgan fingerprint density at radius 3 is 2.50 bits per heavy atom. The predicted molar refractivity (Wildman–Crippen MR) is 143 cm³/mol. The average Bonchev–Trinajstić information content (AvgIpc) is 3.62. The SMILES string of the molecule is CCC(CC)n1cc(-c2cnc(C)c(C(=O)/C=C(\N)c3ccc(CNC4(C)CC4)cc3)n2)ccc1=O. The second kappa shape index (κ2) is 10.6. The molecule has 0 spiro atoms. The highest BCUT2D eigenvalue weighted by Gasteiger charge is 2.36. The summed E-state index contributed by atoms with van der Waals surface area (Å²) < 4.78 is 1.74. The standard InChI is InChI=1S/C29H35N5O2/c1-5-23(6-2)34-18-22(11-12-27(34)36)25-17-31-19(3)28(33-25)26(35)15-24(30)21-9-7-20(8-10-21)16-32-29(4)13-14-29/h7-12,15,17-18,23,32H,5-6,13-14,16,30H2,1-4H3/b24-15-. The summed E-state index contributed by atoms with van der Waals surface area (Å²) in [5.74, 6) is -0.305. The van der Waals surface area contributed by atoms with Gasteiger partial charge in [0, 0.05) is 47.7 Å². The number of nitrogens with one attached hydrogen (secondary N) is 1. The third-order valence-corrected chi connectivity index (χ3v) is 7.05. The lowest BCUT2D eigenvalue weighted by Gasteiger charge is -2.17. The van der Waals surface area contributed by atoms with Gasteiger partial charge in [-0.15, -0.1) is 0 Å². The van der Waals surface area contributed by atoms with E-state index in [0.29, 0.717) is 17.1 Å². The number of allylic oxidation sites excluding steroid dienone is 1. The summed E-state index contributed by atoms with van der Waals surface area (Å²) >= 11 is 0. The fraction of sp³-hybridized carbons (Fsp3) is 0.379. The number of nitrogens with zero attached hydrogens (tertiary/aromatic N) is 3. The van der Waals surface area contributed by atoms with Crippen LogP contribution in [0.1, 0.15) is 79.8 Å². The molecule has 4 rings (SSSR count). The lowest BCUT2D eigenvalue weighted by molar-refractivity contribution is 0.104. The van der Waals surface area contributed by atoms with Crippen LogP contribution >= 0.6 is 0 Å². The van der Waals surface area contributed by atoms with E-state index in [-0.39, 0.29) is 28.6 Å². The maximum absolute atomic E-state index is 13.1. The molecule has 1 saturated carbocycles. The first-order valence-corrected chi connectivity index (χ1v) is 12.6. The van der Waals surface area contributed by atoms with Crippen LogP contribution in [-0.4, -0.2) is 25.9 Å².